The van der Waals surface area contributed by atoms with Crippen molar-refractivity contribution in [1.82, 2.24) is 20.2 Å². The van der Waals surface area contributed by atoms with Crippen molar-refractivity contribution in [3.05, 3.63) is 47.9 Å². The number of carbonyl (C=O) groups excluding carboxylic acids is 1. The van der Waals surface area contributed by atoms with Crippen LogP contribution in [0.4, 0.5) is 17.2 Å². The first kappa shape index (κ1) is 23.4. The fourth-order valence-electron chi connectivity index (χ4n) is 5.57. The van der Waals surface area contributed by atoms with Crippen LogP contribution >= 0.6 is 0 Å². The number of carbonyl (C=O) groups is 1. The number of rotatable bonds is 9. The summed E-state index contributed by atoms with van der Waals surface area (Å²) < 4.78 is 0. The van der Waals surface area contributed by atoms with Gasteiger partial charge in [0.15, 0.2) is 0 Å². The van der Waals surface area contributed by atoms with E-state index in [0.29, 0.717) is 24.4 Å². The van der Waals surface area contributed by atoms with Crippen molar-refractivity contribution < 1.29 is 9.90 Å². The van der Waals surface area contributed by atoms with Gasteiger partial charge in [-0.2, -0.15) is 0 Å². The minimum Gasteiger partial charge on any atom is -0.396 e. The van der Waals surface area contributed by atoms with E-state index in [4.69, 9.17) is 4.98 Å². The Morgan fingerprint density at radius 3 is 2.75 bits per heavy atom. The molecule has 2 aromatic heterocycles. The Morgan fingerprint density at radius 1 is 1.28 bits per heavy atom. The smallest absolute Gasteiger partial charge is 0.225 e. The Balaban J connectivity index is 1.35. The molecule has 190 valence electrons. The van der Waals surface area contributed by atoms with Crippen LogP contribution in [0.25, 0.3) is 6.08 Å². The highest BCUT2D eigenvalue weighted by Crippen LogP contribution is 2.48. The van der Waals surface area contributed by atoms with E-state index in [2.05, 4.69) is 45.9 Å². The van der Waals surface area contributed by atoms with Crippen LogP contribution < -0.4 is 15.1 Å². The number of aromatic nitrogens is 2. The lowest BCUT2D eigenvalue weighted by molar-refractivity contribution is -0.135. The summed E-state index contributed by atoms with van der Waals surface area (Å²) in [6.07, 6.45) is 8.55. The molecular formula is C28H36N6O2. The Kier molecular flexibility index (Phi) is 6.17. The topological polar surface area (TPSA) is 94.7 Å². The van der Waals surface area contributed by atoms with Gasteiger partial charge in [0, 0.05) is 69.1 Å². The van der Waals surface area contributed by atoms with Gasteiger partial charge >= 0.3 is 0 Å². The molecule has 4 aliphatic rings. The van der Waals surface area contributed by atoms with Crippen molar-refractivity contribution in [3.8, 4) is 0 Å². The minimum absolute atomic E-state index is 0.0815. The molecule has 36 heavy (non-hydrogen) atoms. The van der Waals surface area contributed by atoms with Gasteiger partial charge in [-0.15, -0.1) is 0 Å². The molecule has 2 atom stereocenters. The number of piperazine rings is 1. The van der Waals surface area contributed by atoms with E-state index < -0.39 is 0 Å². The third-order valence-corrected chi connectivity index (χ3v) is 8.04. The molecule has 2 saturated heterocycles. The van der Waals surface area contributed by atoms with Crippen LogP contribution in [-0.4, -0.2) is 71.8 Å². The van der Waals surface area contributed by atoms with Crippen molar-refractivity contribution in [2.75, 3.05) is 49.6 Å². The molecule has 6 rings (SSSR count). The monoisotopic (exact) mass is 488 g/mol. The standard InChI is InChI=1S/C28H36N6O2/c1-3-20-14-21(8-10-29-20)32(2)24-15-22(23-16-30-23)28(31-27(24)19-6-7-19)33-11-12-34(26(36)9-13-35)25(17-33)18-4-5-18/h3,8,10,14-15,18-19,23,25,30,35H,1,4-7,9,11-13,16-17H2,2H3. The maximum atomic E-state index is 12.7. The number of hydrogen-bond acceptors (Lipinski definition) is 7. The Morgan fingerprint density at radius 2 is 2.08 bits per heavy atom. The number of pyridine rings is 2. The summed E-state index contributed by atoms with van der Waals surface area (Å²) in [4.78, 5) is 29.2. The number of nitrogens with zero attached hydrogens (tertiary/aromatic N) is 5. The highest BCUT2D eigenvalue weighted by Gasteiger charge is 2.42. The van der Waals surface area contributed by atoms with E-state index in [1.165, 1.54) is 42.6 Å². The average Bonchev–Trinajstić information content (AvgIpc) is 3.76. The van der Waals surface area contributed by atoms with E-state index in [9.17, 15) is 9.90 Å². The molecule has 2 aliphatic heterocycles. The predicted molar refractivity (Wildman–Crippen MR) is 141 cm³/mol. The van der Waals surface area contributed by atoms with Gasteiger partial charge in [0.1, 0.15) is 5.82 Å². The van der Waals surface area contributed by atoms with Crippen molar-refractivity contribution in [2.24, 2.45) is 5.92 Å². The molecule has 4 heterocycles. The zero-order valence-electron chi connectivity index (χ0n) is 21.1. The molecule has 2 aliphatic carbocycles. The second kappa shape index (κ2) is 9.48. The number of amides is 1. The second-order valence-electron chi connectivity index (χ2n) is 10.7. The Bertz CT molecular complexity index is 1160. The van der Waals surface area contributed by atoms with Gasteiger partial charge < -0.3 is 25.1 Å². The lowest BCUT2D eigenvalue weighted by atomic mass is 10.0. The number of hydrogen-bond donors (Lipinski definition) is 2. The molecule has 2 aromatic rings. The SMILES string of the molecule is C=Cc1cc(N(C)c2cc(C3CN3)c(N3CCN(C(=O)CCO)C(C4CC4)C3)nc2C2CC2)ccn1. The van der Waals surface area contributed by atoms with Crippen LogP contribution in [0.2, 0.25) is 0 Å². The van der Waals surface area contributed by atoms with Crippen LogP contribution in [-0.2, 0) is 4.79 Å². The summed E-state index contributed by atoms with van der Waals surface area (Å²) >= 11 is 0. The van der Waals surface area contributed by atoms with Crippen molar-refractivity contribution in [3.63, 3.8) is 0 Å². The molecule has 0 spiro atoms. The fraction of sp³-hybridized carbons (Fsp3) is 0.536. The quantitative estimate of drug-likeness (QED) is 0.524. The highest BCUT2D eigenvalue weighted by atomic mass is 16.3. The molecule has 0 bridgehead atoms. The Hall–Kier alpha value is -2.97. The van der Waals surface area contributed by atoms with Crippen LogP contribution in [0.5, 0.6) is 0 Å². The zero-order chi connectivity index (χ0) is 24.8. The number of aliphatic hydroxyl groups is 1. The number of aliphatic hydroxyl groups excluding tert-OH is 1. The molecule has 2 N–H and O–H groups in total. The van der Waals surface area contributed by atoms with Crippen LogP contribution in [0.15, 0.2) is 31.0 Å². The maximum Gasteiger partial charge on any atom is 0.225 e. The summed E-state index contributed by atoms with van der Waals surface area (Å²) in [6.45, 7) is 7.05. The molecule has 0 radical (unpaired) electrons. The molecule has 8 heteroatoms. The van der Waals surface area contributed by atoms with Gasteiger partial charge in [-0.05, 0) is 55.9 Å². The van der Waals surface area contributed by atoms with E-state index in [1.807, 2.05) is 17.2 Å². The van der Waals surface area contributed by atoms with Gasteiger partial charge in [0.05, 0.1) is 29.7 Å². The first-order valence-electron chi connectivity index (χ1n) is 13.3. The largest absolute Gasteiger partial charge is 0.396 e. The summed E-state index contributed by atoms with van der Waals surface area (Å²) in [5.41, 5.74) is 5.54. The number of nitrogens with one attached hydrogen (secondary N) is 1. The van der Waals surface area contributed by atoms with Crippen LogP contribution in [0.1, 0.15) is 61.0 Å². The fourth-order valence-corrected chi connectivity index (χ4v) is 5.57. The second-order valence-corrected chi connectivity index (χ2v) is 10.7. The van der Waals surface area contributed by atoms with Crippen molar-refractivity contribution >= 4 is 29.2 Å². The maximum absolute atomic E-state index is 12.7. The average molecular weight is 489 g/mol. The molecule has 0 aromatic carbocycles. The normalized spacial score (nSPS) is 23.5. The van der Waals surface area contributed by atoms with Crippen LogP contribution in [0.3, 0.4) is 0 Å². The van der Waals surface area contributed by atoms with E-state index in [1.54, 1.807) is 6.08 Å². The summed E-state index contributed by atoms with van der Waals surface area (Å²) in [7, 11) is 2.11. The third kappa shape index (κ3) is 4.60. The highest BCUT2D eigenvalue weighted by molar-refractivity contribution is 5.77. The molecule has 2 unspecified atom stereocenters. The van der Waals surface area contributed by atoms with Crippen LogP contribution in [0, 0.1) is 5.92 Å². The zero-order valence-corrected chi connectivity index (χ0v) is 21.1. The molecule has 8 nitrogen and oxygen atoms in total. The van der Waals surface area contributed by atoms with Crippen molar-refractivity contribution in [2.45, 2.75) is 50.1 Å². The van der Waals surface area contributed by atoms with Gasteiger partial charge in [0.2, 0.25) is 5.91 Å². The molecule has 1 amide bonds. The first-order valence-corrected chi connectivity index (χ1v) is 13.3. The lowest BCUT2D eigenvalue weighted by Crippen LogP contribution is -2.56. The Labute approximate surface area is 213 Å². The third-order valence-electron chi connectivity index (χ3n) is 8.04. The minimum atomic E-state index is -0.0824. The van der Waals surface area contributed by atoms with Gasteiger partial charge in [-0.25, -0.2) is 4.98 Å². The van der Waals surface area contributed by atoms with Gasteiger partial charge in [-0.3, -0.25) is 9.78 Å². The van der Waals surface area contributed by atoms with Gasteiger partial charge in [-0.1, -0.05) is 6.58 Å². The van der Waals surface area contributed by atoms with E-state index in [-0.39, 0.29) is 25.0 Å². The van der Waals surface area contributed by atoms with E-state index in [0.717, 1.165) is 36.8 Å². The van der Waals surface area contributed by atoms with Crippen molar-refractivity contribution in [1.29, 1.82) is 0 Å². The van der Waals surface area contributed by atoms with Gasteiger partial charge in [0.25, 0.3) is 0 Å². The van der Waals surface area contributed by atoms with E-state index >= 15 is 0 Å². The number of anilines is 3. The molecule has 4 fully saturated rings. The lowest BCUT2D eigenvalue weighted by Gasteiger charge is -2.43. The first-order chi connectivity index (χ1) is 17.6. The summed E-state index contributed by atoms with van der Waals surface area (Å²) in [6, 6.07) is 6.98. The summed E-state index contributed by atoms with van der Waals surface area (Å²) in [5.74, 6) is 2.23. The molecular weight excluding hydrogens is 452 g/mol. The predicted octanol–water partition coefficient (Wildman–Crippen LogP) is 3.22. The molecule has 2 saturated carbocycles. The summed E-state index contributed by atoms with van der Waals surface area (Å²) in [5, 5.41) is 12.8.